The van der Waals surface area contributed by atoms with Crippen LogP contribution in [0.5, 0.6) is 0 Å². The zero-order valence-electron chi connectivity index (χ0n) is 11.8. The predicted molar refractivity (Wildman–Crippen MR) is 81.3 cm³/mol. The second-order valence-electron chi connectivity index (χ2n) is 5.47. The first-order valence-electron chi connectivity index (χ1n) is 6.98. The Balaban J connectivity index is 2.19. The largest absolute Gasteiger partial charge is 0.335 e. The molecule has 5 heteroatoms. The van der Waals surface area contributed by atoms with Crippen molar-refractivity contribution in [3.8, 4) is 0 Å². The molecule has 2 rings (SSSR count). The summed E-state index contributed by atoms with van der Waals surface area (Å²) in [5, 5.41) is 3.38. The van der Waals surface area contributed by atoms with Crippen LogP contribution in [0.3, 0.4) is 0 Å². The number of nitrogens with one attached hydrogen (secondary N) is 1. The molecule has 0 aliphatic carbocycles. The van der Waals surface area contributed by atoms with E-state index in [9.17, 15) is 9.18 Å². The van der Waals surface area contributed by atoms with Crippen molar-refractivity contribution < 1.29 is 9.18 Å². The van der Waals surface area contributed by atoms with Crippen LogP contribution in [0.2, 0.25) is 0 Å². The highest BCUT2D eigenvalue weighted by atomic mass is 79.9. The fourth-order valence-electron chi connectivity index (χ4n) is 2.49. The van der Waals surface area contributed by atoms with Gasteiger partial charge in [0, 0.05) is 23.1 Å². The number of hydrogen-bond donors (Lipinski definition) is 1. The normalized spacial score (nSPS) is 18.6. The smallest absolute Gasteiger partial charge is 0.257 e. The predicted octanol–water partition coefficient (Wildman–Crippen LogP) is 3.19. The van der Waals surface area contributed by atoms with Crippen LogP contribution in [0, 0.1) is 5.82 Å². The van der Waals surface area contributed by atoms with Gasteiger partial charge in [0.05, 0.1) is 5.56 Å². The minimum Gasteiger partial charge on any atom is -0.335 e. The Labute approximate surface area is 127 Å². The van der Waals surface area contributed by atoms with Crippen LogP contribution in [0.15, 0.2) is 22.7 Å². The fraction of sp³-hybridized carbons (Fsp3) is 0.533. The van der Waals surface area contributed by atoms with Gasteiger partial charge in [-0.25, -0.2) is 4.39 Å². The fourth-order valence-corrected chi connectivity index (χ4v) is 2.86. The van der Waals surface area contributed by atoms with E-state index in [4.69, 9.17) is 0 Å². The average molecular weight is 343 g/mol. The number of amides is 1. The number of carbonyl (C=O) groups is 1. The lowest BCUT2D eigenvalue weighted by Crippen LogP contribution is -2.45. The summed E-state index contributed by atoms with van der Waals surface area (Å²) in [4.78, 5) is 14.3. The van der Waals surface area contributed by atoms with Crippen LogP contribution in [0.25, 0.3) is 0 Å². The number of halogens is 2. The maximum atomic E-state index is 13.9. The monoisotopic (exact) mass is 342 g/mol. The highest BCUT2D eigenvalue weighted by Crippen LogP contribution is 2.19. The third-order valence-corrected chi connectivity index (χ3v) is 4.12. The van der Waals surface area contributed by atoms with Gasteiger partial charge in [-0.05, 0) is 51.4 Å². The average Bonchev–Trinajstić information content (AvgIpc) is 2.90. The van der Waals surface area contributed by atoms with Crippen molar-refractivity contribution in [3.63, 3.8) is 0 Å². The second-order valence-corrected chi connectivity index (χ2v) is 6.38. The lowest BCUT2D eigenvalue weighted by atomic mass is 10.1. The molecule has 3 nitrogen and oxygen atoms in total. The van der Waals surface area contributed by atoms with Crippen LogP contribution in [-0.2, 0) is 0 Å². The Morgan fingerprint density at radius 1 is 1.55 bits per heavy atom. The quantitative estimate of drug-likeness (QED) is 0.911. The first kappa shape index (κ1) is 15.4. The molecule has 0 spiro atoms. The first-order chi connectivity index (χ1) is 9.49. The number of nitrogens with zero attached hydrogens (tertiary/aromatic N) is 1. The Morgan fingerprint density at radius 2 is 2.30 bits per heavy atom. The zero-order chi connectivity index (χ0) is 14.7. The molecule has 1 saturated heterocycles. The maximum absolute atomic E-state index is 13.9. The van der Waals surface area contributed by atoms with Gasteiger partial charge in [0.2, 0.25) is 0 Å². The van der Waals surface area contributed by atoms with Gasteiger partial charge in [0.25, 0.3) is 5.91 Å². The molecular formula is C15H20BrFN2O. The third-order valence-electron chi connectivity index (χ3n) is 3.62. The van der Waals surface area contributed by atoms with E-state index >= 15 is 0 Å². The molecule has 1 atom stereocenters. The number of hydrogen-bond acceptors (Lipinski definition) is 2. The Kier molecular flexibility index (Phi) is 5.16. The molecule has 1 N–H and O–H groups in total. The van der Waals surface area contributed by atoms with Gasteiger partial charge in [0.1, 0.15) is 5.82 Å². The first-order valence-corrected chi connectivity index (χ1v) is 7.77. The SMILES string of the molecule is CC(C)N(CC1CCCN1)C(=O)c1cc(Br)ccc1F. The molecule has 1 amide bonds. The zero-order valence-corrected chi connectivity index (χ0v) is 13.4. The minimum absolute atomic E-state index is 0.0447. The summed E-state index contributed by atoms with van der Waals surface area (Å²) >= 11 is 3.29. The highest BCUT2D eigenvalue weighted by Gasteiger charge is 2.26. The molecule has 110 valence electrons. The van der Waals surface area contributed by atoms with Crippen LogP contribution in [0.1, 0.15) is 37.0 Å². The Hall–Kier alpha value is -0.940. The van der Waals surface area contributed by atoms with E-state index in [-0.39, 0.29) is 17.5 Å². The van der Waals surface area contributed by atoms with Crippen LogP contribution < -0.4 is 5.32 Å². The van der Waals surface area contributed by atoms with Crippen molar-refractivity contribution in [2.75, 3.05) is 13.1 Å². The van der Waals surface area contributed by atoms with Gasteiger partial charge < -0.3 is 10.2 Å². The van der Waals surface area contributed by atoms with Crippen molar-refractivity contribution in [2.24, 2.45) is 0 Å². The highest BCUT2D eigenvalue weighted by molar-refractivity contribution is 9.10. The molecule has 1 aliphatic rings. The number of carbonyl (C=O) groups excluding carboxylic acids is 1. The van der Waals surface area contributed by atoms with Crippen LogP contribution in [0.4, 0.5) is 4.39 Å². The molecule has 0 aromatic heterocycles. The molecule has 0 saturated carbocycles. The molecule has 1 aromatic carbocycles. The van der Waals surface area contributed by atoms with Gasteiger partial charge in [-0.3, -0.25) is 4.79 Å². The molecule has 1 unspecified atom stereocenters. The molecule has 0 bridgehead atoms. The molecule has 1 aliphatic heterocycles. The molecular weight excluding hydrogens is 323 g/mol. The van der Waals surface area contributed by atoms with Gasteiger partial charge in [-0.2, -0.15) is 0 Å². The van der Waals surface area contributed by atoms with Crippen LogP contribution >= 0.6 is 15.9 Å². The van der Waals surface area contributed by atoms with E-state index in [0.717, 1.165) is 19.4 Å². The number of benzene rings is 1. The van der Waals surface area contributed by atoms with E-state index < -0.39 is 5.82 Å². The number of rotatable bonds is 4. The summed E-state index contributed by atoms with van der Waals surface area (Å²) in [6.07, 6.45) is 2.20. The van der Waals surface area contributed by atoms with E-state index in [1.54, 1.807) is 17.0 Å². The summed E-state index contributed by atoms with van der Waals surface area (Å²) < 4.78 is 14.6. The summed E-state index contributed by atoms with van der Waals surface area (Å²) in [5.74, 6) is -0.712. The van der Waals surface area contributed by atoms with Crippen LogP contribution in [-0.4, -0.2) is 36.0 Å². The maximum Gasteiger partial charge on any atom is 0.257 e. The van der Waals surface area contributed by atoms with Gasteiger partial charge in [-0.15, -0.1) is 0 Å². The Bertz CT molecular complexity index is 487. The molecule has 1 fully saturated rings. The lowest BCUT2D eigenvalue weighted by molar-refractivity contribution is 0.0684. The van der Waals surface area contributed by atoms with E-state index in [1.165, 1.54) is 6.07 Å². The van der Waals surface area contributed by atoms with Gasteiger partial charge in [0.15, 0.2) is 0 Å². The molecule has 1 heterocycles. The van der Waals surface area contributed by atoms with Crippen molar-refractivity contribution in [3.05, 3.63) is 34.1 Å². The topological polar surface area (TPSA) is 32.3 Å². The van der Waals surface area contributed by atoms with E-state index in [1.807, 2.05) is 13.8 Å². The minimum atomic E-state index is -0.469. The molecule has 1 aromatic rings. The molecule has 20 heavy (non-hydrogen) atoms. The van der Waals surface area contributed by atoms with Crippen molar-refractivity contribution in [2.45, 2.75) is 38.8 Å². The molecule has 0 radical (unpaired) electrons. The van der Waals surface area contributed by atoms with E-state index in [0.29, 0.717) is 17.1 Å². The lowest BCUT2D eigenvalue weighted by Gasteiger charge is -2.29. The Morgan fingerprint density at radius 3 is 2.90 bits per heavy atom. The summed E-state index contributed by atoms with van der Waals surface area (Å²) in [5.41, 5.74) is 0.131. The van der Waals surface area contributed by atoms with Crippen molar-refractivity contribution in [1.82, 2.24) is 10.2 Å². The van der Waals surface area contributed by atoms with E-state index in [2.05, 4.69) is 21.2 Å². The van der Waals surface area contributed by atoms with Crippen molar-refractivity contribution in [1.29, 1.82) is 0 Å². The summed E-state index contributed by atoms with van der Waals surface area (Å²) in [6, 6.07) is 4.84. The summed E-state index contributed by atoms with van der Waals surface area (Å²) in [7, 11) is 0. The summed E-state index contributed by atoms with van der Waals surface area (Å²) in [6.45, 7) is 5.55. The van der Waals surface area contributed by atoms with Crippen molar-refractivity contribution >= 4 is 21.8 Å². The van der Waals surface area contributed by atoms with Gasteiger partial charge >= 0.3 is 0 Å². The standard InChI is InChI=1S/C15H20BrFN2O/c1-10(2)19(9-12-4-3-7-18-12)15(20)13-8-11(16)5-6-14(13)17/h5-6,8,10,12,18H,3-4,7,9H2,1-2H3. The van der Waals surface area contributed by atoms with Gasteiger partial charge in [-0.1, -0.05) is 15.9 Å². The third kappa shape index (κ3) is 3.58. The second kappa shape index (κ2) is 6.68.